The summed E-state index contributed by atoms with van der Waals surface area (Å²) in [6.07, 6.45) is -0.893. The Balaban J connectivity index is 4.53. The molecule has 3 amide bonds. The fourth-order valence-corrected chi connectivity index (χ4v) is 1.36. The van der Waals surface area contributed by atoms with Gasteiger partial charge in [0.05, 0.1) is 6.42 Å². The summed E-state index contributed by atoms with van der Waals surface area (Å²) in [5.41, 5.74) is 4.02. The van der Waals surface area contributed by atoms with Gasteiger partial charge in [-0.1, -0.05) is 0 Å². The number of hydrogen-bond acceptors (Lipinski definition) is 4. The smallest absolute Gasteiger partial charge is 0.326 e. The van der Waals surface area contributed by atoms with Gasteiger partial charge in [-0.3, -0.25) is 9.59 Å². The van der Waals surface area contributed by atoms with Crippen LogP contribution in [0.3, 0.4) is 0 Å². The lowest BCUT2D eigenvalue weighted by molar-refractivity contribution is -0.145. The molecular formula is C10H17N3O6. The second-order valence-corrected chi connectivity index (χ2v) is 4.61. The predicted molar refractivity (Wildman–Crippen MR) is 63.2 cm³/mol. The molecule has 9 heteroatoms. The summed E-state index contributed by atoms with van der Waals surface area (Å²) in [6.45, 7) is 3.04. The highest BCUT2D eigenvalue weighted by Crippen LogP contribution is 2.07. The van der Waals surface area contributed by atoms with Crippen molar-refractivity contribution >= 4 is 23.9 Å². The van der Waals surface area contributed by atoms with Gasteiger partial charge in [0, 0.05) is 12.0 Å². The molecule has 0 rings (SSSR count). The Morgan fingerprint density at radius 2 is 1.74 bits per heavy atom. The number of nitrogens with two attached hydrogens (primary N) is 1. The van der Waals surface area contributed by atoms with Gasteiger partial charge in [0.15, 0.2) is 0 Å². The molecule has 19 heavy (non-hydrogen) atoms. The number of nitrogens with one attached hydrogen (secondary N) is 2. The summed E-state index contributed by atoms with van der Waals surface area (Å²) in [7, 11) is 0. The maximum Gasteiger partial charge on any atom is 0.326 e. The molecule has 1 atom stereocenters. The summed E-state index contributed by atoms with van der Waals surface area (Å²) >= 11 is 0. The van der Waals surface area contributed by atoms with Crippen molar-refractivity contribution in [1.29, 1.82) is 0 Å². The number of hydrogen-bond donors (Lipinski definition) is 5. The summed E-state index contributed by atoms with van der Waals surface area (Å²) in [4.78, 5) is 43.4. The van der Waals surface area contributed by atoms with Crippen LogP contribution in [-0.2, 0) is 14.4 Å². The molecule has 0 fully saturated rings. The van der Waals surface area contributed by atoms with Crippen molar-refractivity contribution < 1.29 is 29.4 Å². The zero-order chi connectivity index (χ0) is 15.2. The third kappa shape index (κ3) is 7.58. The minimum Gasteiger partial charge on any atom is -0.481 e. The SMILES string of the molecule is CC(C)(CC(N)=O)NC(=O)N[C@H](CC(=O)O)C(=O)O. The van der Waals surface area contributed by atoms with Crippen molar-refractivity contribution in [3.8, 4) is 0 Å². The first-order valence-corrected chi connectivity index (χ1v) is 5.35. The molecule has 0 saturated carbocycles. The molecule has 0 aromatic rings. The molecule has 0 heterocycles. The van der Waals surface area contributed by atoms with Crippen LogP contribution in [0, 0.1) is 0 Å². The van der Waals surface area contributed by atoms with Crippen LogP contribution in [0.4, 0.5) is 4.79 Å². The Labute approximate surface area is 109 Å². The standard InChI is InChI=1S/C10H17N3O6/c1-10(2,4-6(11)14)13-9(19)12-5(8(17)18)3-7(15)16/h5H,3-4H2,1-2H3,(H2,11,14)(H,15,16)(H,17,18)(H2,12,13,19)/t5-/m1/s1. The molecule has 0 unspecified atom stereocenters. The van der Waals surface area contributed by atoms with Gasteiger partial charge in [-0.05, 0) is 13.8 Å². The minimum absolute atomic E-state index is 0.142. The van der Waals surface area contributed by atoms with E-state index in [1.165, 1.54) is 13.8 Å². The van der Waals surface area contributed by atoms with Crippen molar-refractivity contribution in [2.24, 2.45) is 5.73 Å². The highest BCUT2D eigenvalue weighted by Gasteiger charge is 2.27. The molecule has 0 spiro atoms. The zero-order valence-electron chi connectivity index (χ0n) is 10.6. The first-order valence-electron chi connectivity index (χ1n) is 5.35. The maximum atomic E-state index is 11.5. The van der Waals surface area contributed by atoms with Crippen LogP contribution in [0.1, 0.15) is 26.7 Å². The fourth-order valence-electron chi connectivity index (χ4n) is 1.36. The van der Waals surface area contributed by atoms with Gasteiger partial charge >= 0.3 is 18.0 Å². The lowest BCUT2D eigenvalue weighted by atomic mass is 10.0. The van der Waals surface area contributed by atoms with E-state index in [2.05, 4.69) is 5.32 Å². The Morgan fingerprint density at radius 3 is 2.11 bits per heavy atom. The first-order chi connectivity index (χ1) is 8.53. The topological polar surface area (TPSA) is 159 Å². The number of primary amides is 1. The molecule has 9 nitrogen and oxygen atoms in total. The average molecular weight is 275 g/mol. The van der Waals surface area contributed by atoms with E-state index in [1.54, 1.807) is 0 Å². The van der Waals surface area contributed by atoms with Gasteiger partial charge in [0.2, 0.25) is 5.91 Å². The van der Waals surface area contributed by atoms with Crippen LogP contribution in [-0.4, -0.2) is 45.7 Å². The van der Waals surface area contributed by atoms with E-state index < -0.39 is 41.9 Å². The van der Waals surface area contributed by atoms with Crippen molar-refractivity contribution in [1.82, 2.24) is 10.6 Å². The summed E-state index contributed by atoms with van der Waals surface area (Å²) in [5.74, 6) is -3.46. The van der Waals surface area contributed by atoms with E-state index in [4.69, 9.17) is 15.9 Å². The molecule has 0 aliphatic heterocycles. The van der Waals surface area contributed by atoms with Gasteiger partial charge in [-0.15, -0.1) is 0 Å². The third-order valence-electron chi connectivity index (χ3n) is 2.05. The quantitative estimate of drug-likeness (QED) is 0.395. The fraction of sp³-hybridized carbons (Fsp3) is 0.600. The number of rotatable bonds is 7. The van der Waals surface area contributed by atoms with Gasteiger partial charge in [0.1, 0.15) is 6.04 Å². The van der Waals surface area contributed by atoms with Crippen LogP contribution >= 0.6 is 0 Å². The lowest BCUT2D eigenvalue weighted by Gasteiger charge is -2.25. The van der Waals surface area contributed by atoms with E-state index in [-0.39, 0.29) is 6.42 Å². The number of aliphatic carboxylic acids is 2. The van der Waals surface area contributed by atoms with Gasteiger partial charge in [-0.25, -0.2) is 9.59 Å². The van der Waals surface area contributed by atoms with Crippen LogP contribution in [0.15, 0.2) is 0 Å². The number of amides is 3. The van der Waals surface area contributed by atoms with Crippen LogP contribution in [0.25, 0.3) is 0 Å². The average Bonchev–Trinajstić information content (AvgIpc) is 2.11. The predicted octanol–water partition coefficient (Wildman–Crippen LogP) is -1.13. The molecule has 0 bridgehead atoms. The minimum atomic E-state index is -1.55. The number of carboxylic acid groups (broad SMARTS) is 2. The molecule has 0 aliphatic carbocycles. The van der Waals surface area contributed by atoms with E-state index >= 15 is 0 Å². The number of carboxylic acids is 2. The first kappa shape index (κ1) is 16.7. The Kier molecular flexibility index (Phi) is 5.77. The molecule has 108 valence electrons. The van der Waals surface area contributed by atoms with E-state index in [0.29, 0.717) is 0 Å². The molecule has 0 radical (unpaired) electrons. The lowest BCUT2D eigenvalue weighted by Crippen LogP contribution is -2.54. The summed E-state index contributed by atoms with van der Waals surface area (Å²) < 4.78 is 0. The van der Waals surface area contributed by atoms with Crippen molar-refractivity contribution in [2.45, 2.75) is 38.3 Å². The molecular weight excluding hydrogens is 258 g/mol. The van der Waals surface area contributed by atoms with Gasteiger partial charge in [0.25, 0.3) is 0 Å². The van der Waals surface area contributed by atoms with E-state index in [9.17, 15) is 19.2 Å². The Bertz CT molecular complexity index is 393. The monoisotopic (exact) mass is 275 g/mol. The second kappa shape index (κ2) is 6.57. The molecule has 0 aromatic carbocycles. The van der Waals surface area contributed by atoms with Crippen LogP contribution in [0.2, 0.25) is 0 Å². The van der Waals surface area contributed by atoms with Crippen molar-refractivity contribution in [3.63, 3.8) is 0 Å². The van der Waals surface area contributed by atoms with Crippen LogP contribution < -0.4 is 16.4 Å². The number of carbonyl (C=O) groups is 4. The number of urea groups is 1. The molecule has 0 aromatic heterocycles. The molecule has 0 aliphatic rings. The highest BCUT2D eigenvalue weighted by atomic mass is 16.4. The van der Waals surface area contributed by atoms with Crippen molar-refractivity contribution in [2.75, 3.05) is 0 Å². The Morgan fingerprint density at radius 1 is 1.21 bits per heavy atom. The van der Waals surface area contributed by atoms with Gasteiger partial charge in [-0.2, -0.15) is 0 Å². The maximum absolute atomic E-state index is 11.5. The Hall–Kier alpha value is -2.32. The summed E-state index contributed by atoms with van der Waals surface area (Å²) in [6, 6.07) is -2.44. The summed E-state index contributed by atoms with van der Waals surface area (Å²) in [5, 5.41) is 21.6. The normalized spacial score (nSPS) is 12.3. The zero-order valence-corrected chi connectivity index (χ0v) is 10.6. The number of carbonyl (C=O) groups excluding carboxylic acids is 2. The second-order valence-electron chi connectivity index (χ2n) is 4.61. The largest absolute Gasteiger partial charge is 0.481 e. The third-order valence-corrected chi connectivity index (χ3v) is 2.05. The molecule has 6 N–H and O–H groups in total. The van der Waals surface area contributed by atoms with Gasteiger partial charge < -0.3 is 26.6 Å². The van der Waals surface area contributed by atoms with Crippen molar-refractivity contribution in [3.05, 3.63) is 0 Å². The van der Waals surface area contributed by atoms with E-state index in [1.807, 2.05) is 5.32 Å². The van der Waals surface area contributed by atoms with Crippen LogP contribution in [0.5, 0.6) is 0 Å². The van der Waals surface area contributed by atoms with E-state index in [0.717, 1.165) is 0 Å². The highest BCUT2D eigenvalue weighted by molar-refractivity contribution is 5.86. The molecule has 0 saturated heterocycles.